The van der Waals surface area contributed by atoms with E-state index in [2.05, 4.69) is 24.9 Å². The fraction of sp³-hybridized carbons (Fsp3) is 0.778. The number of hydrogen-bond acceptors (Lipinski definition) is 2. The molecule has 0 radical (unpaired) electrons. The molecule has 3 rings (SSSR count). The maximum Gasteiger partial charge on any atom is 0.246 e. The molecule has 1 amide bonds. The van der Waals surface area contributed by atoms with E-state index in [-0.39, 0.29) is 11.8 Å². The average Bonchev–Trinajstić information content (AvgIpc) is 3.04. The maximum absolute atomic E-state index is 11.9. The molecule has 3 aliphatic rings. The van der Waals surface area contributed by atoms with Crippen molar-refractivity contribution in [3.63, 3.8) is 0 Å². The zero-order valence-corrected chi connectivity index (χ0v) is 13.1. The van der Waals surface area contributed by atoms with E-state index in [0.717, 1.165) is 37.0 Å². The Kier molecular flexibility index (Phi) is 3.82. The van der Waals surface area contributed by atoms with E-state index >= 15 is 0 Å². The lowest BCUT2D eigenvalue weighted by atomic mass is 9.60. The second-order valence-electron chi connectivity index (χ2n) is 7.38. The lowest BCUT2D eigenvalue weighted by Gasteiger charge is -2.45. The van der Waals surface area contributed by atoms with E-state index in [4.69, 9.17) is 0 Å². The highest BCUT2D eigenvalue weighted by atomic mass is 16.1. The van der Waals surface area contributed by atoms with Crippen molar-refractivity contribution in [2.24, 2.45) is 35.5 Å². The first-order valence-electron chi connectivity index (χ1n) is 8.42. The summed E-state index contributed by atoms with van der Waals surface area (Å²) in [6.07, 6.45) is 5.73. The van der Waals surface area contributed by atoms with Gasteiger partial charge in [0.15, 0.2) is 0 Å². The molecule has 114 valence electrons. The summed E-state index contributed by atoms with van der Waals surface area (Å²) in [6, 6.07) is 2.90. The quantitative estimate of drug-likeness (QED) is 0.809. The van der Waals surface area contributed by atoms with Crippen LogP contribution < -0.4 is 5.32 Å². The molecule has 7 unspecified atom stereocenters. The SMILES string of the molecule is C=C(C)C(=O)NC1CC2CC1C1CCC(C#N)C(CC)C21. The summed E-state index contributed by atoms with van der Waals surface area (Å²) < 4.78 is 0. The first-order chi connectivity index (χ1) is 10.1. The predicted octanol–water partition coefficient (Wildman–Crippen LogP) is 3.28. The molecule has 0 aromatic heterocycles. The molecule has 0 saturated heterocycles. The molecule has 0 heterocycles. The normalized spacial score (nSPS) is 44.0. The Morgan fingerprint density at radius 2 is 2.10 bits per heavy atom. The lowest BCUT2D eigenvalue weighted by Crippen LogP contribution is -2.47. The Bertz CT molecular complexity index is 492. The van der Waals surface area contributed by atoms with Gasteiger partial charge in [0.05, 0.1) is 6.07 Å². The summed E-state index contributed by atoms with van der Waals surface area (Å²) in [6.45, 7) is 7.75. The molecule has 3 nitrogen and oxygen atoms in total. The van der Waals surface area contributed by atoms with Gasteiger partial charge in [-0.05, 0) is 62.2 Å². The topological polar surface area (TPSA) is 52.9 Å². The molecule has 0 aromatic rings. The van der Waals surface area contributed by atoms with Crippen molar-refractivity contribution in [2.45, 2.75) is 52.0 Å². The van der Waals surface area contributed by atoms with Crippen molar-refractivity contribution < 1.29 is 4.79 Å². The summed E-state index contributed by atoms with van der Waals surface area (Å²) in [5, 5.41) is 12.6. The Morgan fingerprint density at radius 3 is 2.71 bits per heavy atom. The van der Waals surface area contributed by atoms with Crippen molar-refractivity contribution in [1.82, 2.24) is 5.32 Å². The fourth-order valence-electron chi connectivity index (χ4n) is 5.64. The largest absolute Gasteiger partial charge is 0.349 e. The van der Waals surface area contributed by atoms with Gasteiger partial charge in [0.1, 0.15) is 0 Å². The van der Waals surface area contributed by atoms with Gasteiger partial charge in [-0.25, -0.2) is 0 Å². The van der Waals surface area contributed by atoms with Gasteiger partial charge in [-0.1, -0.05) is 19.9 Å². The van der Waals surface area contributed by atoms with Gasteiger partial charge in [0, 0.05) is 17.5 Å². The molecule has 0 spiro atoms. The van der Waals surface area contributed by atoms with Crippen molar-refractivity contribution in [1.29, 1.82) is 5.26 Å². The monoisotopic (exact) mass is 286 g/mol. The fourth-order valence-corrected chi connectivity index (χ4v) is 5.64. The number of carbonyl (C=O) groups excluding carboxylic acids is 1. The van der Waals surface area contributed by atoms with Crippen LogP contribution in [0.1, 0.15) is 46.0 Å². The molecule has 3 fully saturated rings. The zero-order chi connectivity index (χ0) is 15.1. The minimum absolute atomic E-state index is 0.0156. The Labute approximate surface area is 127 Å². The molecule has 21 heavy (non-hydrogen) atoms. The molecule has 0 aromatic carbocycles. The molecule has 3 saturated carbocycles. The third kappa shape index (κ3) is 2.29. The van der Waals surface area contributed by atoms with Gasteiger partial charge >= 0.3 is 0 Å². The van der Waals surface area contributed by atoms with Crippen LogP contribution in [-0.2, 0) is 4.79 Å². The Hall–Kier alpha value is -1.30. The second-order valence-corrected chi connectivity index (χ2v) is 7.38. The van der Waals surface area contributed by atoms with Crippen LogP contribution >= 0.6 is 0 Å². The molecular weight excluding hydrogens is 260 g/mol. The number of hydrogen-bond donors (Lipinski definition) is 1. The maximum atomic E-state index is 11.9. The van der Waals surface area contributed by atoms with Crippen LogP contribution in [0.4, 0.5) is 0 Å². The first-order valence-corrected chi connectivity index (χ1v) is 8.42. The summed E-state index contributed by atoms with van der Waals surface area (Å²) >= 11 is 0. The molecule has 1 N–H and O–H groups in total. The van der Waals surface area contributed by atoms with Crippen LogP contribution in [0.5, 0.6) is 0 Å². The van der Waals surface area contributed by atoms with Gasteiger partial charge in [-0.3, -0.25) is 4.79 Å². The number of carbonyl (C=O) groups is 1. The highest BCUT2D eigenvalue weighted by Crippen LogP contribution is 2.60. The molecule has 3 aliphatic carbocycles. The van der Waals surface area contributed by atoms with Gasteiger partial charge in [-0.15, -0.1) is 0 Å². The minimum Gasteiger partial charge on any atom is -0.349 e. The molecule has 2 bridgehead atoms. The van der Waals surface area contributed by atoms with E-state index < -0.39 is 0 Å². The van der Waals surface area contributed by atoms with E-state index in [1.54, 1.807) is 6.92 Å². The van der Waals surface area contributed by atoms with Crippen LogP contribution in [0.15, 0.2) is 12.2 Å². The summed E-state index contributed by atoms with van der Waals surface area (Å²) in [4.78, 5) is 11.9. The van der Waals surface area contributed by atoms with Crippen molar-refractivity contribution in [3.8, 4) is 6.07 Å². The van der Waals surface area contributed by atoms with Crippen LogP contribution in [0.2, 0.25) is 0 Å². The van der Waals surface area contributed by atoms with E-state index in [1.807, 2.05) is 0 Å². The smallest absolute Gasteiger partial charge is 0.246 e. The van der Waals surface area contributed by atoms with Crippen molar-refractivity contribution in [3.05, 3.63) is 12.2 Å². The summed E-state index contributed by atoms with van der Waals surface area (Å²) in [5.74, 6) is 3.68. The third-order valence-corrected chi connectivity index (χ3v) is 6.40. The number of nitrogens with zero attached hydrogens (tertiary/aromatic N) is 1. The van der Waals surface area contributed by atoms with Crippen LogP contribution in [0.3, 0.4) is 0 Å². The number of fused-ring (bicyclic) bond motifs is 5. The minimum atomic E-state index is 0.0156. The number of nitriles is 1. The number of nitrogens with one attached hydrogen (secondary N) is 1. The summed E-state index contributed by atoms with van der Waals surface area (Å²) in [7, 11) is 0. The van der Waals surface area contributed by atoms with Crippen LogP contribution in [0, 0.1) is 46.8 Å². The predicted molar refractivity (Wildman–Crippen MR) is 82.1 cm³/mol. The summed E-state index contributed by atoms with van der Waals surface area (Å²) in [5.41, 5.74) is 0.606. The molecule has 0 aliphatic heterocycles. The Morgan fingerprint density at radius 1 is 1.33 bits per heavy atom. The molecular formula is C18H26N2O. The van der Waals surface area contributed by atoms with Crippen LogP contribution in [-0.4, -0.2) is 11.9 Å². The number of amides is 1. The van der Waals surface area contributed by atoms with E-state index in [9.17, 15) is 10.1 Å². The highest BCUT2D eigenvalue weighted by molar-refractivity contribution is 5.92. The average molecular weight is 286 g/mol. The van der Waals surface area contributed by atoms with Crippen molar-refractivity contribution >= 4 is 5.91 Å². The van der Waals surface area contributed by atoms with Gasteiger partial charge in [-0.2, -0.15) is 5.26 Å². The zero-order valence-electron chi connectivity index (χ0n) is 13.1. The Balaban J connectivity index is 1.73. The van der Waals surface area contributed by atoms with Crippen molar-refractivity contribution in [2.75, 3.05) is 0 Å². The van der Waals surface area contributed by atoms with Gasteiger partial charge in [0.2, 0.25) is 5.91 Å². The van der Waals surface area contributed by atoms with E-state index in [1.165, 1.54) is 12.8 Å². The first kappa shape index (κ1) is 14.6. The van der Waals surface area contributed by atoms with E-state index in [0.29, 0.717) is 23.5 Å². The standard InChI is InChI=1S/C18H26N2O/c1-4-13-11(9-19)5-6-14-15-7-12(17(13)14)8-16(15)20-18(21)10(2)3/h11-17H,2,4-8H2,1,3H3,(H,20,21). The lowest BCUT2D eigenvalue weighted by molar-refractivity contribution is -0.118. The highest BCUT2D eigenvalue weighted by Gasteiger charge is 2.57. The number of rotatable bonds is 3. The van der Waals surface area contributed by atoms with Gasteiger partial charge in [0.25, 0.3) is 0 Å². The second kappa shape index (κ2) is 5.48. The van der Waals surface area contributed by atoms with Gasteiger partial charge < -0.3 is 5.32 Å². The molecule has 3 heteroatoms. The molecule has 7 atom stereocenters. The van der Waals surface area contributed by atoms with Crippen LogP contribution in [0.25, 0.3) is 0 Å². The third-order valence-electron chi connectivity index (χ3n) is 6.40.